The Bertz CT molecular complexity index is 457. The van der Waals surface area contributed by atoms with E-state index in [2.05, 4.69) is 17.1 Å². The van der Waals surface area contributed by atoms with E-state index in [9.17, 15) is 8.42 Å². The van der Waals surface area contributed by atoms with Crippen LogP contribution >= 0.6 is 0 Å². The van der Waals surface area contributed by atoms with Crippen LogP contribution in [0.1, 0.15) is 6.92 Å². The van der Waals surface area contributed by atoms with Crippen LogP contribution in [0.2, 0.25) is 0 Å². The number of nitrogens with zero attached hydrogens (tertiary/aromatic N) is 1. The number of hydrogen-bond acceptors (Lipinski definition) is 4. The Hall–Kier alpha value is -1.07. The lowest BCUT2D eigenvalue weighted by molar-refractivity contribution is 0.367. The summed E-state index contributed by atoms with van der Waals surface area (Å²) in [6, 6.07) is 6.99. The standard InChI is InChI=1S/C12H20N2O2S/c1-4-14(2)10-9-13-11-7-5-6-8-12(11)17(3,15)16/h5-8,13H,4,9-10H2,1-3H3. The van der Waals surface area contributed by atoms with Gasteiger partial charge in [-0.05, 0) is 25.7 Å². The molecule has 4 nitrogen and oxygen atoms in total. The molecule has 0 bridgehead atoms. The first-order chi connectivity index (χ1) is 7.95. The van der Waals surface area contributed by atoms with Gasteiger partial charge in [0.15, 0.2) is 9.84 Å². The normalized spacial score (nSPS) is 11.8. The lowest BCUT2D eigenvalue weighted by atomic mass is 10.3. The van der Waals surface area contributed by atoms with Crippen molar-refractivity contribution in [1.82, 2.24) is 4.90 Å². The summed E-state index contributed by atoms with van der Waals surface area (Å²) < 4.78 is 23.1. The Labute approximate surface area is 104 Å². The summed E-state index contributed by atoms with van der Waals surface area (Å²) in [7, 11) is -1.13. The molecule has 0 amide bonds. The number of nitrogens with one attached hydrogen (secondary N) is 1. The molecule has 0 heterocycles. The van der Waals surface area contributed by atoms with Crippen LogP contribution in [0.3, 0.4) is 0 Å². The number of rotatable bonds is 6. The topological polar surface area (TPSA) is 49.4 Å². The quantitative estimate of drug-likeness (QED) is 0.837. The van der Waals surface area contributed by atoms with Crippen molar-refractivity contribution in [3.05, 3.63) is 24.3 Å². The van der Waals surface area contributed by atoms with E-state index in [4.69, 9.17) is 0 Å². The van der Waals surface area contributed by atoms with Crippen LogP contribution in [0, 0.1) is 0 Å². The van der Waals surface area contributed by atoms with E-state index < -0.39 is 9.84 Å². The number of para-hydroxylation sites is 1. The highest BCUT2D eigenvalue weighted by molar-refractivity contribution is 7.90. The third-order valence-corrected chi connectivity index (χ3v) is 3.79. The summed E-state index contributed by atoms with van der Waals surface area (Å²) >= 11 is 0. The van der Waals surface area contributed by atoms with Gasteiger partial charge >= 0.3 is 0 Å². The van der Waals surface area contributed by atoms with Crippen LogP contribution in [0.5, 0.6) is 0 Å². The smallest absolute Gasteiger partial charge is 0.177 e. The highest BCUT2D eigenvalue weighted by Crippen LogP contribution is 2.19. The molecule has 1 N–H and O–H groups in total. The first-order valence-electron chi connectivity index (χ1n) is 5.66. The van der Waals surface area contributed by atoms with Gasteiger partial charge in [-0.2, -0.15) is 0 Å². The molecule has 0 aromatic heterocycles. The lowest BCUT2D eigenvalue weighted by Crippen LogP contribution is -2.25. The van der Waals surface area contributed by atoms with Crippen molar-refractivity contribution in [2.75, 3.05) is 38.3 Å². The summed E-state index contributed by atoms with van der Waals surface area (Å²) in [5.41, 5.74) is 0.680. The number of likely N-dealkylation sites (N-methyl/N-ethyl adjacent to an activating group) is 1. The van der Waals surface area contributed by atoms with Crippen molar-refractivity contribution < 1.29 is 8.42 Å². The summed E-state index contributed by atoms with van der Waals surface area (Å²) in [4.78, 5) is 2.52. The SMILES string of the molecule is CCN(C)CCNc1ccccc1S(C)(=O)=O. The molecule has 0 aliphatic heterocycles. The van der Waals surface area contributed by atoms with Gasteiger partial charge in [-0.1, -0.05) is 19.1 Å². The molecule has 0 unspecified atom stereocenters. The molecule has 5 heteroatoms. The fourth-order valence-corrected chi connectivity index (χ4v) is 2.34. The molecule has 0 atom stereocenters. The Morgan fingerprint density at radius 3 is 2.53 bits per heavy atom. The lowest BCUT2D eigenvalue weighted by Gasteiger charge is -2.16. The molecule has 17 heavy (non-hydrogen) atoms. The highest BCUT2D eigenvalue weighted by Gasteiger charge is 2.11. The maximum atomic E-state index is 11.6. The van der Waals surface area contributed by atoms with Gasteiger partial charge < -0.3 is 10.2 Å². The van der Waals surface area contributed by atoms with Gasteiger partial charge in [-0.25, -0.2) is 8.42 Å². The van der Waals surface area contributed by atoms with Crippen LogP contribution < -0.4 is 5.32 Å². The first kappa shape index (κ1) is 14.0. The molecule has 96 valence electrons. The van der Waals surface area contributed by atoms with Crippen molar-refractivity contribution in [1.29, 1.82) is 0 Å². The minimum atomic E-state index is -3.17. The van der Waals surface area contributed by atoms with Gasteiger partial charge in [-0.15, -0.1) is 0 Å². The van der Waals surface area contributed by atoms with Crippen molar-refractivity contribution in [2.24, 2.45) is 0 Å². The third-order valence-electron chi connectivity index (χ3n) is 2.64. The van der Waals surface area contributed by atoms with Gasteiger partial charge in [0.25, 0.3) is 0 Å². The molecule has 0 radical (unpaired) electrons. The molecule has 0 saturated carbocycles. The second-order valence-corrected chi connectivity index (χ2v) is 6.08. The number of sulfone groups is 1. The van der Waals surface area contributed by atoms with E-state index in [1.54, 1.807) is 18.2 Å². The average Bonchev–Trinajstić information content (AvgIpc) is 2.28. The zero-order valence-electron chi connectivity index (χ0n) is 10.6. The van der Waals surface area contributed by atoms with E-state index in [0.717, 1.165) is 19.6 Å². The zero-order valence-corrected chi connectivity index (χ0v) is 11.4. The molecule has 0 aliphatic carbocycles. The second kappa shape index (κ2) is 6.02. The van der Waals surface area contributed by atoms with Gasteiger partial charge in [0.2, 0.25) is 0 Å². The van der Waals surface area contributed by atoms with Gasteiger partial charge in [0, 0.05) is 19.3 Å². The molecule has 1 aromatic carbocycles. The predicted molar refractivity (Wildman–Crippen MR) is 71.2 cm³/mol. The molecular weight excluding hydrogens is 236 g/mol. The van der Waals surface area contributed by atoms with Gasteiger partial charge in [0.1, 0.15) is 0 Å². The number of benzene rings is 1. The summed E-state index contributed by atoms with van der Waals surface area (Å²) in [5.74, 6) is 0. The highest BCUT2D eigenvalue weighted by atomic mass is 32.2. The fourth-order valence-electron chi connectivity index (χ4n) is 1.48. The van der Waals surface area contributed by atoms with Crippen LogP contribution in [0.15, 0.2) is 29.2 Å². The van der Waals surface area contributed by atoms with Crippen LogP contribution in [-0.2, 0) is 9.84 Å². The molecule has 0 fully saturated rings. The Morgan fingerprint density at radius 2 is 1.94 bits per heavy atom. The Morgan fingerprint density at radius 1 is 1.29 bits per heavy atom. The minimum absolute atomic E-state index is 0.360. The summed E-state index contributed by atoms with van der Waals surface area (Å²) in [6.07, 6.45) is 1.23. The third kappa shape index (κ3) is 4.36. The monoisotopic (exact) mass is 256 g/mol. The molecule has 0 spiro atoms. The Balaban J connectivity index is 2.72. The van der Waals surface area contributed by atoms with Gasteiger partial charge in [-0.3, -0.25) is 0 Å². The van der Waals surface area contributed by atoms with E-state index in [1.807, 2.05) is 13.1 Å². The molecule has 0 saturated heterocycles. The summed E-state index contributed by atoms with van der Waals surface area (Å²) in [5, 5.41) is 3.16. The van der Waals surface area contributed by atoms with E-state index in [0.29, 0.717) is 10.6 Å². The van der Waals surface area contributed by atoms with Crippen LogP contribution in [-0.4, -0.2) is 46.3 Å². The minimum Gasteiger partial charge on any atom is -0.383 e. The van der Waals surface area contributed by atoms with Crippen molar-refractivity contribution in [3.63, 3.8) is 0 Å². The maximum absolute atomic E-state index is 11.6. The van der Waals surface area contributed by atoms with E-state index in [1.165, 1.54) is 6.26 Å². The van der Waals surface area contributed by atoms with Crippen molar-refractivity contribution in [3.8, 4) is 0 Å². The molecule has 0 aliphatic rings. The fraction of sp³-hybridized carbons (Fsp3) is 0.500. The van der Waals surface area contributed by atoms with E-state index >= 15 is 0 Å². The Kier molecular flexibility index (Phi) is 4.96. The average molecular weight is 256 g/mol. The van der Waals surface area contributed by atoms with Crippen molar-refractivity contribution in [2.45, 2.75) is 11.8 Å². The molecule has 1 rings (SSSR count). The maximum Gasteiger partial charge on any atom is 0.177 e. The second-order valence-electron chi connectivity index (χ2n) is 4.09. The first-order valence-corrected chi connectivity index (χ1v) is 7.55. The number of anilines is 1. The molecular formula is C12H20N2O2S. The predicted octanol–water partition coefficient (Wildman–Crippen LogP) is 1.45. The van der Waals surface area contributed by atoms with Crippen LogP contribution in [0.25, 0.3) is 0 Å². The van der Waals surface area contributed by atoms with Crippen molar-refractivity contribution >= 4 is 15.5 Å². The summed E-state index contributed by atoms with van der Waals surface area (Å²) in [6.45, 7) is 4.69. The van der Waals surface area contributed by atoms with Crippen LogP contribution in [0.4, 0.5) is 5.69 Å². The van der Waals surface area contributed by atoms with E-state index in [-0.39, 0.29) is 0 Å². The molecule has 1 aromatic rings. The zero-order chi connectivity index (χ0) is 12.9. The number of hydrogen-bond donors (Lipinski definition) is 1. The largest absolute Gasteiger partial charge is 0.383 e. The van der Waals surface area contributed by atoms with Gasteiger partial charge in [0.05, 0.1) is 10.6 Å².